The Morgan fingerprint density at radius 1 is 1.16 bits per heavy atom. The SMILES string of the molecule is CCCN1C(=O)[C@@]2(C(=C(O)c3ccc4c(c3)C[C@H](C)O4)C(=O)C(=O)N2C[C@H]2CCCO2)c2ccccc21. The molecule has 0 bridgehead atoms. The van der Waals surface area contributed by atoms with Gasteiger partial charge in [-0.3, -0.25) is 14.4 Å². The number of likely N-dealkylation sites (tertiary alicyclic amines) is 1. The largest absolute Gasteiger partial charge is 0.507 e. The molecule has 6 rings (SSSR count). The van der Waals surface area contributed by atoms with Crippen LogP contribution < -0.4 is 9.64 Å². The van der Waals surface area contributed by atoms with Crippen LogP contribution in [0.2, 0.25) is 0 Å². The van der Waals surface area contributed by atoms with Crippen molar-refractivity contribution >= 4 is 29.0 Å². The predicted octanol–water partition coefficient (Wildman–Crippen LogP) is 3.52. The molecule has 0 radical (unpaired) electrons. The van der Waals surface area contributed by atoms with Gasteiger partial charge in [-0.2, -0.15) is 0 Å². The van der Waals surface area contributed by atoms with Crippen LogP contribution in [0.4, 0.5) is 5.69 Å². The van der Waals surface area contributed by atoms with Crippen LogP contribution in [0.5, 0.6) is 5.75 Å². The zero-order valence-corrected chi connectivity index (χ0v) is 21.0. The number of hydrogen-bond donors (Lipinski definition) is 1. The molecule has 8 nitrogen and oxygen atoms in total. The highest BCUT2D eigenvalue weighted by molar-refractivity contribution is 6.50. The second kappa shape index (κ2) is 8.73. The lowest BCUT2D eigenvalue weighted by Crippen LogP contribution is -2.53. The summed E-state index contributed by atoms with van der Waals surface area (Å²) < 4.78 is 11.6. The van der Waals surface area contributed by atoms with Crippen LogP contribution in [0, 0.1) is 0 Å². The minimum Gasteiger partial charge on any atom is -0.507 e. The zero-order valence-electron chi connectivity index (χ0n) is 21.0. The van der Waals surface area contributed by atoms with E-state index in [-0.39, 0.29) is 30.1 Å². The molecule has 37 heavy (non-hydrogen) atoms. The quantitative estimate of drug-likeness (QED) is 0.382. The normalized spacial score (nSPS) is 27.8. The van der Waals surface area contributed by atoms with Crippen molar-refractivity contribution in [1.29, 1.82) is 0 Å². The van der Waals surface area contributed by atoms with Crippen LogP contribution in [0.1, 0.15) is 49.8 Å². The van der Waals surface area contributed by atoms with E-state index in [1.54, 1.807) is 35.2 Å². The number of aliphatic hydroxyl groups excluding tert-OH is 1. The number of benzene rings is 2. The molecular formula is C29H30N2O6. The molecule has 2 aromatic rings. The van der Waals surface area contributed by atoms with E-state index in [0.29, 0.717) is 42.8 Å². The third kappa shape index (κ3) is 3.35. The summed E-state index contributed by atoms with van der Waals surface area (Å²) in [6.07, 6.45) is 2.67. The van der Waals surface area contributed by atoms with Crippen molar-refractivity contribution in [2.75, 3.05) is 24.6 Å². The Bertz CT molecular complexity index is 1340. The molecule has 0 unspecified atom stereocenters. The molecule has 8 heteroatoms. The number of carbonyl (C=O) groups is 3. The zero-order chi connectivity index (χ0) is 25.9. The third-order valence-electron chi connectivity index (χ3n) is 7.84. The molecule has 2 aromatic carbocycles. The topological polar surface area (TPSA) is 96.4 Å². The third-order valence-corrected chi connectivity index (χ3v) is 7.84. The Hall–Kier alpha value is -3.65. The Labute approximate surface area is 215 Å². The Kier molecular flexibility index (Phi) is 5.60. The number of hydrogen-bond acceptors (Lipinski definition) is 6. The highest BCUT2D eigenvalue weighted by Crippen LogP contribution is 2.54. The molecular weight excluding hydrogens is 472 g/mol. The Balaban J connectivity index is 1.59. The first-order valence-electron chi connectivity index (χ1n) is 13.0. The number of anilines is 1. The fraction of sp³-hybridized carbons (Fsp3) is 0.414. The lowest BCUT2D eigenvalue weighted by Gasteiger charge is -2.35. The van der Waals surface area contributed by atoms with Crippen molar-refractivity contribution in [3.05, 3.63) is 64.7 Å². The number of ether oxygens (including phenoxy) is 2. The van der Waals surface area contributed by atoms with E-state index in [2.05, 4.69) is 0 Å². The predicted molar refractivity (Wildman–Crippen MR) is 136 cm³/mol. The number of Topliss-reactive ketones (excluding diaryl/α,β-unsaturated/α-hetero) is 1. The first kappa shape index (κ1) is 23.7. The van der Waals surface area contributed by atoms with E-state index in [0.717, 1.165) is 24.2 Å². The molecule has 192 valence electrons. The van der Waals surface area contributed by atoms with Crippen LogP contribution in [-0.4, -0.2) is 59.5 Å². The average Bonchev–Trinajstić information content (AvgIpc) is 3.64. The van der Waals surface area contributed by atoms with Gasteiger partial charge in [0, 0.05) is 37.2 Å². The minimum atomic E-state index is -1.75. The van der Waals surface area contributed by atoms with Gasteiger partial charge in [-0.05, 0) is 56.0 Å². The average molecular weight is 503 g/mol. The van der Waals surface area contributed by atoms with E-state index >= 15 is 0 Å². The Morgan fingerprint density at radius 2 is 1.97 bits per heavy atom. The lowest BCUT2D eigenvalue weighted by molar-refractivity contribution is -0.145. The van der Waals surface area contributed by atoms with E-state index in [9.17, 15) is 19.5 Å². The molecule has 2 fully saturated rings. The van der Waals surface area contributed by atoms with Gasteiger partial charge in [-0.25, -0.2) is 0 Å². The fourth-order valence-corrected chi connectivity index (χ4v) is 6.27. The van der Waals surface area contributed by atoms with Gasteiger partial charge in [0.25, 0.3) is 17.6 Å². The maximum Gasteiger partial charge on any atom is 0.296 e. The minimum absolute atomic E-state index is 0.00821. The van der Waals surface area contributed by atoms with Crippen molar-refractivity contribution in [3.63, 3.8) is 0 Å². The monoisotopic (exact) mass is 502 g/mol. The number of nitrogens with zero attached hydrogens (tertiary/aromatic N) is 2. The molecule has 3 atom stereocenters. The smallest absolute Gasteiger partial charge is 0.296 e. The number of carbonyl (C=O) groups excluding carboxylic acids is 3. The second-order valence-corrected chi connectivity index (χ2v) is 10.2. The maximum atomic E-state index is 14.4. The molecule has 4 aliphatic rings. The molecule has 2 amide bonds. The molecule has 0 saturated carbocycles. The highest BCUT2D eigenvalue weighted by atomic mass is 16.5. The van der Waals surface area contributed by atoms with Gasteiger partial charge in [0.15, 0.2) is 5.54 Å². The lowest BCUT2D eigenvalue weighted by atomic mass is 9.81. The van der Waals surface area contributed by atoms with E-state index in [1.165, 1.54) is 4.90 Å². The standard InChI is InChI=1S/C29H30N2O6/c1-3-12-30-22-9-5-4-8-21(22)29(28(30)35)24(26(33)27(34)31(29)16-20-7-6-13-36-20)25(32)18-10-11-23-19(15-18)14-17(2)37-23/h4-5,8-11,15,17,20,32H,3,6-7,12-14,16H2,1-2H3/t17-,20+,29-/m0/s1. The summed E-state index contributed by atoms with van der Waals surface area (Å²) in [6, 6.07) is 12.5. The summed E-state index contributed by atoms with van der Waals surface area (Å²) in [4.78, 5) is 44.8. The Morgan fingerprint density at radius 3 is 2.73 bits per heavy atom. The van der Waals surface area contributed by atoms with Gasteiger partial charge in [0.1, 0.15) is 17.6 Å². The number of para-hydroxylation sites is 1. The van der Waals surface area contributed by atoms with Crippen LogP contribution in [-0.2, 0) is 31.1 Å². The number of amides is 2. The molecule has 4 aliphatic heterocycles. The van der Waals surface area contributed by atoms with Crippen LogP contribution in [0.25, 0.3) is 5.76 Å². The van der Waals surface area contributed by atoms with Crippen molar-refractivity contribution in [2.45, 2.75) is 57.3 Å². The van der Waals surface area contributed by atoms with Gasteiger partial charge < -0.3 is 24.4 Å². The summed E-state index contributed by atoms with van der Waals surface area (Å²) in [5, 5.41) is 11.7. The number of fused-ring (bicyclic) bond motifs is 3. The van der Waals surface area contributed by atoms with Gasteiger partial charge >= 0.3 is 0 Å². The molecule has 0 aliphatic carbocycles. The summed E-state index contributed by atoms with van der Waals surface area (Å²) >= 11 is 0. The summed E-state index contributed by atoms with van der Waals surface area (Å²) in [6.45, 7) is 5.03. The molecule has 2 saturated heterocycles. The van der Waals surface area contributed by atoms with Crippen LogP contribution in [0.15, 0.2) is 48.0 Å². The van der Waals surface area contributed by atoms with Crippen molar-refractivity contribution in [2.24, 2.45) is 0 Å². The first-order valence-corrected chi connectivity index (χ1v) is 13.0. The van der Waals surface area contributed by atoms with Gasteiger partial charge in [-0.15, -0.1) is 0 Å². The van der Waals surface area contributed by atoms with Crippen molar-refractivity contribution in [3.8, 4) is 5.75 Å². The molecule has 0 aromatic heterocycles. The summed E-state index contributed by atoms with van der Waals surface area (Å²) in [7, 11) is 0. The molecule has 4 heterocycles. The van der Waals surface area contributed by atoms with Gasteiger partial charge in [0.2, 0.25) is 0 Å². The summed E-state index contributed by atoms with van der Waals surface area (Å²) in [5.74, 6) is -1.67. The first-order chi connectivity index (χ1) is 17.9. The number of aliphatic hydroxyl groups is 1. The van der Waals surface area contributed by atoms with Crippen molar-refractivity contribution < 1.29 is 29.0 Å². The summed E-state index contributed by atoms with van der Waals surface area (Å²) in [5.41, 5.74) is 0.535. The van der Waals surface area contributed by atoms with Crippen LogP contribution >= 0.6 is 0 Å². The van der Waals surface area contributed by atoms with E-state index in [4.69, 9.17) is 9.47 Å². The molecule has 1 spiro atoms. The van der Waals surface area contributed by atoms with Crippen molar-refractivity contribution in [1.82, 2.24) is 4.90 Å². The number of rotatable bonds is 5. The van der Waals surface area contributed by atoms with Gasteiger partial charge in [-0.1, -0.05) is 25.1 Å². The molecule has 1 N–H and O–H groups in total. The highest BCUT2D eigenvalue weighted by Gasteiger charge is 2.67. The van der Waals surface area contributed by atoms with Crippen LogP contribution in [0.3, 0.4) is 0 Å². The second-order valence-electron chi connectivity index (χ2n) is 10.2. The van der Waals surface area contributed by atoms with E-state index in [1.807, 2.05) is 26.0 Å². The number of ketones is 1. The van der Waals surface area contributed by atoms with Gasteiger partial charge in [0.05, 0.1) is 17.4 Å². The maximum absolute atomic E-state index is 14.4. The van der Waals surface area contributed by atoms with E-state index < -0.39 is 23.1 Å². The fourth-order valence-electron chi connectivity index (χ4n) is 6.27.